The quantitative estimate of drug-likeness (QED) is 0.213. The predicted octanol–water partition coefficient (Wildman–Crippen LogP) is -3.39. The number of esters is 1. The van der Waals surface area contributed by atoms with E-state index in [2.05, 4.69) is 11.3 Å². The van der Waals surface area contributed by atoms with Crippen molar-refractivity contribution in [1.29, 1.82) is 0 Å². The van der Waals surface area contributed by atoms with Crippen LogP contribution in [0.15, 0.2) is 12.8 Å². The van der Waals surface area contributed by atoms with E-state index in [0.29, 0.717) is 0 Å². The van der Waals surface area contributed by atoms with Gasteiger partial charge in [0.25, 0.3) is 0 Å². The molecule has 0 spiro atoms. The molecule has 0 aromatic heterocycles. The summed E-state index contributed by atoms with van der Waals surface area (Å²) >= 11 is 0. The van der Waals surface area contributed by atoms with Gasteiger partial charge in [-0.3, -0.25) is 4.79 Å². The fourth-order valence-corrected chi connectivity index (χ4v) is 0.777. The molecule has 0 atom stereocenters. The molecule has 0 aliphatic carbocycles. The molecule has 0 aromatic rings. The van der Waals surface area contributed by atoms with E-state index in [1.165, 1.54) is 0 Å². The van der Waals surface area contributed by atoms with Gasteiger partial charge in [-0.15, -0.1) is 0 Å². The standard InChI is InChI=1S/C5H8O5S.K/c1-2-10-5(6)3-4-11(7,8)9;/h2H,1,3-4H2,(H,7,8,9);/q;+1/p-1. The molecule has 0 aliphatic rings. The van der Waals surface area contributed by atoms with E-state index in [-0.39, 0.29) is 51.4 Å². The third-order valence-electron chi connectivity index (χ3n) is 0.771. The fraction of sp³-hybridized carbons (Fsp3) is 0.400. The molecular weight excluding hydrogens is 211 g/mol. The Morgan fingerprint density at radius 2 is 2.08 bits per heavy atom. The molecule has 0 aliphatic heterocycles. The van der Waals surface area contributed by atoms with Crippen molar-refractivity contribution in [3.05, 3.63) is 12.8 Å². The van der Waals surface area contributed by atoms with E-state index < -0.39 is 28.3 Å². The van der Waals surface area contributed by atoms with Crippen LogP contribution in [-0.4, -0.2) is 24.7 Å². The van der Waals surface area contributed by atoms with Crippen LogP contribution in [0.25, 0.3) is 0 Å². The van der Waals surface area contributed by atoms with Gasteiger partial charge in [0.2, 0.25) is 0 Å². The summed E-state index contributed by atoms with van der Waals surface area (Å²) in [4.78, 5) is 10.4. The molecule has 0 saturated carbocycles. The summed E-state index contributed by atoms with van der Waals surface area (Å²) in [5, 5.41) is 0. The van der Waals surface area contributed by atoms with Gasteiger partial charge in [-0.25, -0.2) is 8.42 Å². The Morgan fingerprint density at radius 1 is 1.58 bits per heavy atom. The van der Waals surface area contributed by atoms with Gasteiger partial charge in [0.05, 0.1) is 22.8 Å². The Hall–Kier alpha value is 0.756. The molecule has 0 aromatic carbocycles. The molecule has 0 bridgehead atoms. The first-order valence-corrected chi connectivity index (χ1v) is 4.27. The van der Waals surface area contributed by atoms with Crippen molar-refractivity contribution in [3.8, 4) is 0 Å². The zero-order valence-electron chi connectivity index (χ0n) is 6.65. The molecular formula is C5H7KO5S. The van der Waals surface area contributed by atoms with Crippen LogP contribution in [0.4, 0.5) is 0 Å². The Kier molecular flexibility index (Phi) is 9.13. The van der Waals surface area contributed by atoms with E-state index in [9.17, 15) is 17.8 Å². The number of rotatable bonds is 4. The minimum absolute atomic E-state index is 0. The van der Waals surface area contributed by atoms with Crippen LogP contribution in [0.1, 0.15) is 6.42 Å². The van der Waals surface area contributed by atoms with Gasteiger partial charge >= 0.3 is 57.4 Å². The molecule has 12 heavy (non-hydrogen) atoms. The van der Waals surface area contributed by atoms with Crippen LogP contribution in [0.3, 0.4) is 0 Å². The van der Waals surface area contributed by atoms with Crippen molar-refractivity contribution in [1.82, 2.24) is 0 Å². The van der Waals surface area contributed by atoms with Crippen LogP contribution in [0, 0.1) is 0 Å². The van der Waals surface area contributed by atoms with E-state index in [4.69, 9.17) is 0 Å². The minimum Gasteiger partial charge on any atom is -0.748 e. The molecule has 0 rings (SSSR count). The summed E-state index contributed by atoms with van der Waals surface area (Å²) in [5.74, 6) is -1.51. The van der Waals surface area contributed by atoms with Crippen molar-refractivity contribution in [2.75, 3.05) is 5.75 Å². The van der Waals surface area contributed by atoms with Gasteiger partial charge in [0.15, 0.2) is 0 Å². The third-order valence-corrected chi connectivity index (χ3v) is 1.48. The zero-order valence-corrected chi connectivity index (χ0v) is 10.6. The maximum absolute atomic E-state index is 10.4. The normalized spacial score (nSPS) is 9.75. The number of hydrogen-bond acceptors (Lipinski definition) is 5. The Morgan fingerprint density at radius 3 is 2.42 bits per heavy atom. The summed E-state index contributed by atoms with van der Waals surface area (Å²) < 4.78 is 34.0. The van der Waals surface area contributed by atoms with Crippen LogP contribution in [-0.2, 0) is 19.6 Å². The monoisotopic (exact) mass is 218 g/mol. The summed E-state index contributed by atoms with van der Waals surface area (Å²) in [5.41, 5.74) is 0. The van der Waals surface area contributed by atoms with Gasteiger partial charge in [-0.05, 0) is 0 Å². The molecule has 0 radical (unpaired) electrons. The minimum atomic E-state index is -4.32. The fourth-order valence-electron chi connectivity index (χ4n) is 0.360. The molecule has 0 amide bonds. The Bertz CT molecular complexity index is 245. The van der Waals surface area contributed by atoms with Gasteiger partial charge in [-0.2, -0.15) is 0 Å². The number of carbonyl (C=O) groups excluding carboxylic acids is 1. The second-order valence-corrected chi connectivity index (χ2v) is 3.19. The van der Waals surface area contributed by atoms with Crippen molar-refractivity contribution >= 4 is 16.1 Å². The molecule has 0 fully saturated rings. The zero-order chi connectivity index (χ0) is 8.91. The molecule has 7 heteroatoms. The van der Waals surface area contributed by atoms with Gasteiger partial charge in [-0.1, -0.05) is 6.58 Å². The van der Waals surface area contributed by atoms with Crippen LogP contribution < -0.4 is 51.4 Å². The second-order valence-electron chi connectivity index (χ2n) is 1.67. The van der Waals surface area contributed by atoms with Crippen LogP contribution in [0.5, 0.6) is 0 Å². The van der Waals surface area contributed by atoms with Crippen molar-refractivity contribution in [2.24, 2.45) is 0 Å². The third kappa shape index (κ3) is 10.8. The smallest absolute Gasteiger partial charge is 0.748 e. The first kappa shape index (κ1) is 15.2. The van der Waals surface area contributed by atoms with Crippen molar-refractivity contribution in [2.45, 2.75) is 6.42 Å². The average molecular weight is 218 g/mol. The van der Waals surface area contributed by atoms with Gasteiger partial charge in [0.1, 0.15) is 0 Å². The van der Waals surface area contributed by atoms with Crippen molar-refractivity contribution < 1.29 is 73.9 Å². The summed E-state index contributed by atoms with van der Waals surface area (Å²) in [6.45, 7) is 3.07. The number of carbonyl (C=O) groups is 1. The average Bonchev–Trinajstić information content (AvgIpc) is 1.83. The van der Waals surface area contributed by atoms with E-state index >= 15 is 0 Å². The summed E-state index contributed by atoms with van der Waals surface area (Å²) in [7, 11) is -4.32. The summed E-state index contributed by atoms with van der Waals surface area (Å²) in [6, 6.07) is 0. The van der Waals surface area contributed by atoms with Gasteiger partial charge in [0, 0.05) is 5.75 Å². The SMILES string of the molecule is C=COC(=O)CCS(=O)(=O)[O-].[K+]. The topological polar surface area (TPSA) is 83.5 Å². The predicted molar refractivity (Wildman–Crippen MR) is 35.5 cm³/mol. The Balaban J connectivity index is 0. The molecule has 0 unspecified atom stereocenters. The summed E-state index contributed by atoms with van der Waals surface area (Å²) in [6.07, 6.45) is 0.442. The molecule has 5 nitrogen and oxygen atoms in total. The van der Waals surface area contributed by atoms with Crippen LogP contribution in [0.2, 0.25) is 0 Å². The number of hydrogen-bond donors (Lipinski definition) is 0. The molecule has 64 valence electrons. The largest absolute Gasteiger partial charge is 1.00 e. The van der Waals surface area contributed by atoms with Gasteiger partial charge < -0.3 is 9.29 Å². The van der Waals surface area contributed by atoms with Crippen molar-refractivity contribution in [3.63, 3.8) is 0 Å². The maximum Gasteiger partial charge on any atom is 1.00 e. The first-order chi connectivity index (χ1) is 4.95. The second kappa shape index (κ2) is 7.19. The number of ether oxygens (including phenoxy) is 1. The van der Waals surface area contributed by atoms with E-state index in [1.807, 2.05) is 0 Å². The maximum atomic E-state index is 10.4. The van der Waals surface area contributed by atoms with E-state index in [1.54, 1.807) is 0 Å². The Labute approximate surface area is 113 Å². The van der Waals surface area contributed by atoms with Crippen LogP contribution >= 0.6 is 0 Å². The molecule has 0 N–H and O–H groups in total. The molecule has 0 saturated heterocycles. The molecule has 0 heterocycles. The van der Waals surface area contributed by atoms with E-state index in [0.717, 1.165) is 6.26 Å². The first-order valence-electron chi connectivity index (χ1n) is 2.69.